The lowest BCUT2D eigenvalue weighted by Crippen LogP contribution is -2.45. The average Bonchev–Trinajstić information content (AvgIpc) is 2.42. The molecular formula is C10H16N2O4. The lowest BCUT2D eigenvalue weighted by Gasteiger charge is -2.14. The highest BCUT2D eigenvalue weighted by atomic mass is 16.4. The lowest BCUT2D eigenvalue weighted by molar-refractivity contribution is -0.139. The van der Waals surface area contributed by atoms with Gasteiger partial charge in [-0.1, -0.05) is 0 Å². The molecule has 1 aliphatic heterocycles. The summed E-state index contributed by atoms with van der Waals surface area (Å²) in [5.74, 6) is -1.58. The molecule has 1 aliphatic rings. The van der Waals surface area contributed by atoms with E-state index in [-0.39, 0.29) is 24.7 Å². The molecule has 0 saturated carbocycles. The SMILES string of the molecule is O=C(O)CCC(=O)N[C@H]1CCCCNC1=O. The molecule has 1 fully saturated rings. The zero-order valence-corrected chi connectivity index (χ0v) is 8.99. The van der Waals surface area contributed by atoms with Crippen molar-refractivity contribution >= 4 is 17.8 Å². The maximum atomic E-state index is 11.4. The summed E-state index contributed by atoms with van der Waals surface area (Å²) in [4.78, 5) is 33.0. The van der Waals surface area contributed by atoms with Gasteiger partial charge in [0.05, 0.1) is 6.42 Å². The third-order valence-corrected chi connectivity index (χ3v) is 2.44. The molecular weight excluding hydrogens is 212 g/mol. The van der Waals surface area contributed by atoms with Crippen molar-refractivity contribution in [2.75, 3.05) is 6.54 Å². The van der Waals surface area contributed by atoms with Gasteiger partial charge in [0, 0.05) is 13.0 Å². The van der Waals surface area contributed by atoms with Crippen LogP contribution in [0.3, 0.4) is 0 Å². The van der Waals surface area contributed by atoms with Crippen molar-refractivity contribution < 1.29 is 19.5 Å². The van der Waals surface area contributed by atoms with Crippen LogP contribution < -0.4 is 10.6 Å². The third-order valence-electron chi connectivity index (χ3n) is 2.44. The molecule has 1 saturated heterocycles. The van der Waals surface area contributed by atoms with Crippen LogP contribution in [0.4, 0.5) is 0 Å². The summed E-state index contributed by atoms with van der Waals surface area (Å²) in [7, 11) is 0. The predicted octanol–water partition coefficient (Wildman–Crippen LogP) is -0.364. The number of nitrogens with one attached hydrogen (secondary N) is 2. The molecule has 0 aliphatic carbocycles. The van der Waals surface area contributed by atoms with Crippen molar-refractivity contribution in [2.45, 2.75) is 38.1 Å². The number of carbonyl (C=O) groups is 3. The molecule has 1 heterocycles. The molecule has 6 heteroatoms. The van der Waals surface area contributed by atoms with Gasteiger partial charge < -0.3 is 15.7 Å². The van der Waals surface area contributed by atoms with E-state index in [0.29, 0.717) is 13.0 Å². The Kier molecular flexibility index (Phi) is 4.75. The maximum Gasteiger partial charge on any atom is 0.303 e. The molecule has 1 rings (SSSR count). The topological polar surface area (TPSA) is 95.5 Å². The molecule has 3 N–H and O–H groups in total. The van der Waals surface area contributed by atoms with Crippen molar-refractivity contribution in [3.05, 3.63) is 0 Å². The first kappa shape index (κ1) is 12.5. The zero-order chi connectivity index (χ0) is 12.0. The van der Waals surface area contributed by atoms with Gasteiger partial charge in [-0.25, -0.2) is 0 Å². The number of aliphatic carboxylic acids is 1. The van der Waals surface area contributed by atoms with Gasteiger partial charge in [-0.3, -0.25) is 14.4 Å². The summed E-state index contributed by atoms with van der Waals surface area (Å²) >= 11 is 0. The smallest absolute Gasteiger partial charge is 0.303 e. The third kappa shape index (κ3) is 4.29. The summed E-state index contributed by atoms with van der Waals surface area (Å²) in [6.07, 6.45) is 2.11. The van der Waals surface area contributed by atoms with Crippen LogP contribution in [0.1, 0.15) is 32.1 Å². The Morgan fingerprint density at radius 2 is 2.12 bits per heavy atom. The number of carbonyl (C=O) groups excluding carboxylic acids is 2. The molecule has 1 atom stereocenters. The predicted molar refractivity (Wildman–Crippen MR) is 55.7 cm³/mol. The standard InChI is InChI=1S/C10H16N2O4/c13-8(4-5-9(14)15)12-7-3-1-2-6-11-10(7)16/h7H,1-6H2,(H,11,16)(H,12,13)(H,14,15)/t7-/m0/s1. The Hall–Kier alpha value is -1.59. The molecule has 0 bridgehead atoms. The van der Waals surface area contributed by atoms with E-state index in [9.17, 15) is 14.4 Å². The van der Waals surface area contributed by atoms with E-state index in [1.54, 1.807) is 0 Å². The lowest BCUT2D eigenvalue weighted by atomic mass is 10.1. The Morgan fingerprint density at radius 3 is 2.81 bits per heavy atom. The highest BCUT2D eigenvalue weighted by Gasteiger charge is 2.22. The molecule has 90 valence electrons. The van der Waals surface area contributed by atoms with Gasteiger partial charge in [-0.2, -0.15) is 0 Å². The Morgan fingerprint density at radius 1 is 1.38 bits per heavy atom. The van der Waals surface area contributed by atoms with E-state index < -0.39 is 12.0 Å². The summed E-state index contributed by atoms with van der Waals surface area (Å²) in [5.41, 5.74) is 0. The number of hydrogen-bond acceptors (Lipinski definition) is 3. The van der Waals surface area contributed by atoms with Crippen LogP contribution in [0.15, 0.2) is 0 Å². The van der Waals surface area contributed by atoms with Crippen molar-refractivity contribution in [3.8, 4) is 0 Å². The van der Waals surface area contributed by atoms with Gasteiger partial charge in [0.25, 0.3) is 0 Å². The molecule has 0 unspecified atom stereocenters. The molecule has 2 amide bonds. The van der Waals surface area contributed by atoms with Gasteiger partial charge in [0.2, 0.25) is 11.8 Å². The number of hydrogen-bond donors (Lipinski definition) is 3. The summed E-state index contributed by atoms with van der Waals surface area (Å²) in [6, 6.07) is -0.510. The fourth-order valence-corrected chi connectivity index (χ4v) is 1.56. The van der Waals surface area contributed by atoms with Crippen molar-refractivity contribution in [3.63, 3.8) is 0 Å². The second kappa shape index (κ2) is 6.09. The largest absolute Gasteiger partial charge is 0.481 e. The number of carboxylic acids is 1. The average molecular weight is 228 g/mol. The normalized spacial score (nSPS) is 20.8. The molecule has 0 aromatic rings. The van der Waals surface area contributed by atoms with Gasteiger partial charge >= 0.3 is 5.97 Å². The highest BCUT2D eigenvalue weighted by Crippen LogP contribution is 2.05. The van der Waals surface area contributed by atoms with E-state index in [1.165, 1.54) is 0 Å². The maximum absolute atomic E-state index is 11.4. The fourth-order valence-electron chi connectivity index (χ4n) is 1.56. The summed E-state index contributed by atoms with van der Waals surface area (Å²) < 4.78 is 0. The molecule has 0 radical (unpaired) electrons. The Labute approximate surface area is 93.4 Å². The first-order valence-corrected chi connectivity index (χ1v) is 5.38. The van der Waals surface area contributed by atoms with Gasteiger partial charge in [0.1, 0.15) is 6.04 Å². The van der Waals surface area contributed by atoms with E-state index in [0.717, 1.165) is 12.8 Å². The van der Waals surface area contributed by atoms with E-state index in [4.69, 9.17) is 5.11 Å². The molecule has 0 aromatic carbocycles. The van der Waals surface area contributed by atoms with Crippen LogP contribution >= 0.6 is 0 Å². The first-order valence-electron chi connectivity index (χ1n) is 5.38. The van der Waals surface area contributed by atoms with Crippen molar-refractivity contribution in [2.24, 2.45) is 0 Å². The quantitative estimate of drug-likeness (QED) is 0.612. The van der Waals surface area contributed by atoms with Gasteiger partial charge in [0.15, 0.2) is 0 Å². The summed E-state index contributed by atoms with van der Waals surface area (Å²) in [6.45, 7) is 0.639. The first-order chi connectivity index (χ1) is 7.59. The second-order valence-corrected chi connectivity index (χ2v) is 3.80. The Bertz CT molecular complexity index is 291. The minimum atomic E-state index is -1.01. The van der Waals surface area contributed by atoms with Gasteiger partial charge in [-0.05, 0) is 19.3 Å². The van der Waals surface area contributed by atoms with E-state index in [1.807, 2.05) is 0 Å². The minimum Gasteiger partial charge on any atom is -0.481 e. The number of carboxylic acid groups (broad SMARTS) is 1. The molecule has 6 nitrogen and oxygen atoms in total. The van der Waals surface area contributed by atoms with Gasteiger partial charge in [-0.15, -0.1) is 0 Å². The number of rotatable bonds is 4. The second-order valence-electron chi connectivity index (χ2n) is 3.80. The highest BCUT2D eigenvalue weighted by molar-refractivity contribution is 5.88. The zero-order valence-electron chi connectivity index (χ0n) is 8.99. The summed E-state index contributed by atoms with van der Waals surface area (Å²) in [5, 5.41) is 13.7. The van der Waals surface area contributed by atoms with Crippen molar-refractivity contribution in [1.82, 2.24) is 10.6 Å². The molecule has 0 spiro atoms. The number of amides is 2. The van der Waals surface area contributed by atoms with Crippen LogP contribution in [0.5, 0.6) is 0 Å². The fraction of sp³-hybridized carbons (Fsp3) is 0.700. The molecule has 16 heavy (non-hydrogen) atoms. The van der Waals surface area contributed by atoms with Crippen LogP contribution in [0.25, 0.3) is 0 Å². The molecule has 0 aromatic heterocycles. The Balaban J connectivity index is 2.36. The minimum absolute atomic E-state index is 0.0842. The monoisotopic (exact) mass is 228 g/mol. The van der Waals surface area contributed by atoms with E-state index >= 15 is 0 Å². The van der Waals surface area contributed by atoms with E-state index in [2.05, 4.69) is 10.6 Å². The van der Waals surface area contributed by atoms with Crippen LogP contribution in [0, 0.1) is 0 Å². The van der Waals surface area contributed by atoms with Crippen molar-refractivity contribution in [1.29, 1.82) is 0 Å². The van der Waals surface area contributed by atoms with Crippen LogP contribution in [-0.2, 0) is 14.4 Å². The van der Waals surface area contributed by atoms with Crippen LogP contribution in [0.2, 0.25) is 0 Å². The van der Waals surface area contributed by atoms with Crippen LogP contribution in [-0.4, -0.2) is 35.5 Å².